The van der Waals surface area contributed by atoms with Gasteiger partial charge in [0.15, 0.2) is 5.13 Å². The average molecular weight is 473 g/mol. The molecule has 3 aromatic rings. The first-order valence-electron chi connectivity index (χ1n) is 9.91. The number of carbonyl (C=O) groups is 2. The van der Waals surface area contributed by atoms with Crippen molar-refractivity contribution in [2.75, 3.05) is 32.0 Å². The summed E-state index contributed by atoms with van der Waals surface area (Å²) < 4.78 is 20.6. The molecule has 0 spiro atoms. The predicted octanol–water partition coefficient (Wildman–Crippen LogP) is 3.57. The maximum Gasteiger partial charge on any atom is 0.258 e. The molecular formula is C22H18ClFN4O3S. The lowest BCUT2D eigenvalue weighted by molar-refractivity contribution is -0.128. The molecule has 2 amide bonds. The number of anilines is 1. The van der Waals surface area contributed by atoms with Crippen molar-refractivity contribution in [2.24, 2.45) is 0 Å². The molecule has 164 valence electrons. The topological polar surface area (TPSA) is 88.8 Å². The number of halogens is 2. The van der Waals surface area contributed by atoms with Crippen molar-refractivity contribution in [2.45, 2.75) is 6.04 Å². The second-order valence-electron chi connectivity index (χ2n) is 7.60. The number of nitrogen functional groups attached to an aromatic ring is 1. The van der Waals surface area contributed by atoms with Gasteiger partial charge in [-0.15, -0.1) is 0 Å². The molecule has 2 aromatic carbocycles. The van der Waals surface area contributed by atoms with Crippen LogP contribution in [0.25, 0.3) is 21.3 Å². The van der Waals surface area contributed by atoms with Gasteiger partial charge in [-0.2, -0.15) is 0 Å². The van der Waals surface area contributed by atoms with Gasteiger partial charge in [0.25, 0.3) is 5.91 Å². The highest BCUT2D eigenvalue weighted by Gasteiger charge is 2.36. The Hall–Kier alpha value is -3.17. The number of ether oxygens (including phenoxy) is 1. The van der Waals surface area contributed by atoms with Crippen molar-refractivity contribution >= 4 is 50.1 Å². The van der Waals surface area contributed by atoms with Gasteiger partial charge in [-0.05, 0) is 30.3 Å². The maximum atomic E-state index is 14.2. The number of rotatable bonds is 2. The largest absolute Gasteiger partial charge is 0.491 e. The van der Waals surface area contributed by atoms with Crippen molar-refractivity contribution in [1.29, 1.82) is 0 Å². The molecule has 7 nitrogen and oxygen atoms in total. The van der Waals surface area contributed by atoms with E-state index in [1.807, 2.05) is 0 Å². The highest BCUT2D eigenvalue weighted by molar-refractivity contribution is 7.22. The van der Waals surface area contributed by atoms with Crippen molar-refractivity contribution in [3.8, 4) is 16.9 Å². The van der Waals surface area contributed by atoms with Crippen LogP contribution in [0.2, 0.25) is 5.02 Å². The van der Waals surface area contributed by atoms with Gasteiger partial charge in [-0.3, -0.25) is 9.59 Å². The van der Waals surface area contributed by atoms with Gasteiger partial charge >= 0.3 is 0 Å². The first kappa shape index (κ1) is 20.7. The van der Waals surface area contributed by atoms with E-state index in [9.17, 15) is 14.0 Å². The summed E-state index contributed by atoms with van der Waals surface area (Å²) in [6.07, 6.45) is 1.27. The number of nitrogens with two attached hydrogens (primary N) is 1. The fourth-order valence-electron chi connectivity index (χ4n) is 4.19. The monoisotopic (exact) mass is 472 g/mol. The quantitative estimate of drug-likeness (QED) is 0.576. The maximum absolute atomic E-state index is 14.2. The molecule has 2 aliphatic heterocycles. The van der Waals surface area contributed by atoms with E-state index >= 15 is 0 Å². The van der Waals surface area contributed by atoms with Crippen molar-refractivity contribution in [1.82, 2.24) is 14.8 Å². The fraction of sp³-hybridized carbons (Fsp3) is 0.227. The smallest absolute Gasteiger partial charge is 0.258 e. The Morgan fingerprint density at radius 1 is 1.31 bits per heavy atom. The van der Waals surface area contributed by atoms with E-state index in [4.69, 9.17) is 22.1 Å². The second kappa shape index (κ2) is 7.75. The Kier molecular flexibility index (Phi) is 5.02. The zero-order valence-electron chi connectivity index (χ0n) is 16.8. The summed E-state index contributed by atoms with van der Waals surface area (Å²) in [6.45, 7) is 4.93. The van der Waals surface area contributed by atoms with Crippen LogP contribution in [0.3, 0.4) is 0 Å². The van der Waals surface area contributed by atoms with Crippen LogP contribution in [-0.4, -0.2) is 58.9 Å². The molecule has 0 radical (unpaired) electrons. The molecular weight excluding hydrogens is 455 g/mol. The van der Waals surface area contributed by atoms with Crippen LogP contribution in [0.5, 0.6) is 5.75 Å². The third-order valence-corrected chi connectivity index (χ3v) is 6.97. The lowest BCUT2D eigenvalue weighted by Gasteiger charge is -2.39. The van der Waals surface area contributed by atoms with Crippen molar-refractivity contribution in [3.05, 3.63) is 53.3 Å². The minimum Gasteiger partial charge on any atom is -0.491 e. The Labute approximate surface area is 191 Å². The highest BCUT2D eigenvalue weighted by Crippen LogP contribution is 2.41. The molecule has 1 saturated heterocycles. The Bertz CT molecular complexity index is 1290. The average Bonchev–Trinajstić information content (AvgIpc) is 3.14. The van der Waals surface area contributed by atoms with Gasteiger partial charge in [-0.1, -0.05) is 29.5 Å². The standard InChI is InChI=1S/C22H18ClFN4O3S/c1-2-18(29)27-5-6-28-11(9-27)10-31-17-8-13(15(23)7-14(17)21(28)30)12-3-4-16(24)20-19(12)26-22(25)32-20/h2-4,7-8,11H,1,5-6,9-10H2,(H2,25,26)/t11-/m1/s1. The Balaban J connectivity index is 1.55. The molecule has 1 aromatic heterocycles. The molecule has 0 aliphatic carbocycles. The normalized spacial score (nSPS) is 18.1. The van der Waals surface area contributed by atoms with Crippen LogP contribution in [-0.2, 0) is 4.79 Å². The molecule has 1 fully saturated rings. The van der Waals surface area contributed by atoms with Crippen molar-refractivity contribution in [3.63, 3.8) is 0 Å². The SMILES string of the molecule is C=CC(=O)N1CCN2C(=O)c3cc(Cl)c(-c4ccc(F)c5sc(N)nc45)cc3OC[C@H]2C1. The number of fused-ring (bicyclic) bond motifs is 3. The summed E-state index contributed by atoms with van der Waals surface area (Å²) in [5.74, 6) is -0.410. The Morgan fingerprint density at radius 3 is 2.91 bits per heavy atom. The summed E-state index contributed by atoms with van der Waals surface area (Å²) in [5, 5.41) is 0.568. The van der Waals surface area contributed by atoms with Crippen molar-refractivity contribution < 1.29 is 18.7 Å². The van der Waals surface area contributed by atoms with E-state index < -0.39 is 5.82 Å². The van der Waals surface area contributed by atoms with E-state index in [0.29, 0.717) is 57.3 Å². The number of benzene rings is 2. The van der Waals surface area contributed by atoms with E-state index in [2.05, 4.69) is 11.6 Å². The molecule has 2 N–H and O–H groups in total. The number of piperazine rings is 1. The van der Waals surface area contributed by atoms with Crippen LogP contribution in [0.15, 0.2) is 36.9 Å². The van der Waals surface area contributed by atoms with Gasteiger partial charge in [0.1, 0.15) is 18.2 Å². The van der Waals surface area contributed by atoms with Gasteiger partial charge in [0.05, 0.1) is 21.8 Å². The number of carbonyl (C=O) groups excluding carboxylic acids is 2. The second-order valence-corrected chi connectivity index (χ2v) is 9.04. The predicted molar refractivity (Wildman–Crippen MR) is 122 cm³/mol. The minimum absolute atomic E-state index is 0.174. The lowest BCUT2D eigenvalue weighted by Crippen LogP contribution is -2.57. The molecule has 5 rings (SSSR count). The third kappa shape index (κ3) is 3.28. The number of amides is 2. The number of hydrogen-bond donors (Lipinski definition) is 1. The van der Waals surface area contributed by atoms with Gasteiger partial charge < -0.3 is 20.3 Å². The summed E-state index contributed by atoms with van der Waals surface area (Å²) >= 11 is 7.64. The van der Waals surface area contributed by atoms with E-state index in [1.54, 1.807) is 28.0 Å². The Morgan fingerprint density at radius 2 is 2.12 bits per heavy atom. The van der Waals surface area contributed by atoms with Crippen LogP contribution in [0.4, 0.5) is 9.52 Å². The zero-order chi connectivity index (χ0) is 22.6. The number of aromatic nitrogens is 1. The number of thiazole rings is 1. The molecule has 10 heteroatoms. The van der Waals surface area contributed by atoms with Crippen LogP contribution in [0, 0.1) is 5.82 Å². The summed E-state index contributed by atoms with van der Waals surface area (Å²) in [5.41, 5.74) is 7.72. The summed E-state index contributed by atoms with van der Waals surface area (Å²) in [7, 11) is 0. The summed E-state index contributed by atoms with van der Waals surface area (Å²) in [6, 6.07) is 5.90. The van der Waals surface area contributed by atoms with Crippen LogP contribution >= 0.6 is 22.9 Å². The zero-order valence-corrected chi connectivity index (χ0v) is 18.4. The van der Waals surface area contributed by atoms with Crippen LogP contribution < -0.4 is 10.5 Å². The molecule has 2 aliphatic rings. The molecule has 0 bridgehead atoms. The molecule has 0 saturated carbocycles. The van der Waals surface area contributed by atoms with Gasteiger partial charge in [0.2, 0.25) is 5.91 Å². The van der Waals surface area contributed by atoms with Crippen LogP contribution in [0.1, 0.15) is 10.4 Å². The first-order chi connectivity index (χ1) is 15.4. The van der Waals surface area contributed by atoms with E-state index in [0.717, 1.165) is 11.3 Å². The third-order valence-electron chi connectivity index (χ3n) is 5.76. The molecule has 32 heavy (non-hydrogen) atoms. The highest BCUT2D eigenvalue weighted by atomic mass is 35.5. The minimum atomic E-state index is -0.411. The molecule has 3 heterocycles. The number of nitrogens with zero attached hydrogens (tertiary/aromatic N) is 3. The lowest BCUT2D eigenvalue weighted by atomic mass is 10.0. The molecule has 1 atom stereocenters. The van der Waals surface area contributed by atoms with Gasteiger partial charge in [0, 0.05) is 35.8 Å². The van der Waals surface area contributed by atoms with E-state index in [1.165, 1.54) is 12.1 Å². The summed E-state index contributed by atoms with van der Waals surface area (Å²) in [4.78, 5) is 32.9. The van der Waals surface area contributed by atoms with Gasteiger partial charge in [-0.25, -0.2) is 9.37 Å². The van der Waals surface area contributed by atoms with E-state index in [-0.39, 0.29) is 29.6 Å². The first-order valence-corrected chi connectivity index (χ1v) is 11.1. The number of hydrogen-bond acceptors (Lipinski definition) is 6. The molecule has 0 unspecified atom stereocenters. The fourth-order valence-corrected chi connectivity index (χ4v) is 5.22.